The molecule has 0 aromatic heterocycles. The molecule has 2 atom stereocenters. The van der Waals surface area contributed by atoms with Gasteiger partial charge < -0.3 is 10.4 Å². The van der Waals surface area contributed by atoms with Gasteiger partial charge in [0, 0.05) is 18.5 Å². The minimum atomic E-state index is 0.236. The van der Waals surface area contributed by atoms with Crippen LogP contribution in [0.3, 0.4) is 0 Å². The lowest BCUT2D eigenvalue weighted by molar-refractivity contribution is 0.175. The van der Waals surface area contributed by atoms with Crippen molar-refractivity contribution >= 4 is 0 Å². The Morgan fingerprint density at radius 1 is 1.33 bits per heavy atom. The van der Waals surface area contributed by atoms with Crippen LogP contribution in [0.5, 0.6) is 0 Å². The number of aliphatic hydroxyl groups excluding tert-OH is 1. The first-order valence-corrected chi connectivity index (χ1v) is 4.31. The molecule has 1 aliphatic heterocycles. The highest BCUT2D eigenvalue weighted by Gasteiger charge is 2.30. The molecule has 64 valence electrons. The standard InChI is InChI=1S/C10H13NO/c12-7-10-9(6-11-10)8-4-2-1-3-5-8/h1-5,9-12H,6-7H2/t9-,10-/m0/s1. The maximum Gasteiger partial charge on any atom is 0.0591 e. The lowest BCUT2D eigenvalue weighted by Crippen LogP contribution is -2.53. The molecule has 1 fully saturated rings. The van der Waals surface area contributed by atoms with E-state index in [1.165, 1.54) is 5.56 Å². The second-order valence-electron chi connectivity index (χ2n) is 3.21. The third-order valence-corrected chi connectivity index (χ3v) is 2.51. The van der Waals surface area contributed by atoms with E-state index in [0.29, 0.717) is 5.92 Å². The lowest BCUT2D eigenvalue weighted by atomic mass is 9.85. The van der Waals surface area contributed by atoms with Crippen LogP contribution in [0.25, 0.3) is 0 Å². The average molecular weight is 163 g/mol. The SMILES string of the molecule is OC[C@@H]1NC[C@H]1c1ccccc1. The third kappa shape index (κ3) is 1.24. The van der Waals surface area contributed by atoms with Crippen LogP contribution < -0.4 is 5.32 Å². The third-order valence-electron chi connectivity index (χ3n) is 2.51. The fraction of sp³-hybridized carbons (Fsp3) is 0.400. The number of hydrogen-bond donors (Lipinski definition) is 2. The van der Waals surface area contributed by atoms with Gasteiger partial charge in [-0.2, -0.15) is 0 Å². The molecule has 1 aromatic carbocycles. The summed E-state index contributed by atoms with van der Waals surface area (Å²) in [6.45, 7) is 1.23. The van der Waals surface area contributed by atoms with E-state index in [2.05, 4.69) is 17.4 Å². The van der Waals surface area contributed by atoms with Crippen LogP contribution in [0, 0.1) is 0 Å². The molecule has 1 heterocycles. The Bertz CT molecular complexity index is 245. The number of rotatable bonds is 2. The first-order valence-electron chi connectivity index (χ1n) is 4.31. The van der Waals surface area contributed by atoms with Crippen LogP contribution in [0.2, 0.25) is 0 Å². The topological polar surface area (TPSA) is 32.3 Å². The summed E-state index contributed by atoms with van der Waals surface area (Å²) in [4.78, 5) is 0. The smallest absolute Gasteiger partial charge is 0.0591 e. The Balaban J connectivity index is 2.11. The minimum absolute atomic E-state index is 0.236. The molecule has 1 aliphatic rings. The molecule has 0 spiro atoms. The highest BCUT2D eigenvalue weighted by molar-refractivity contribution is 5.24. The van der Waals surface area contributed by atoms with Crippen molar-refractivity contribution in [2.75, 3.05) is 13.2 Å². The van der Waals surface area contributed by atoms with Gasteiger partial charge in [0.2, 0.25) is 0 Å². The zero-order valence-corrected chi connectivity index (χ0v) is 6.90. The molecule has 1 aromatic rings. The number of hydrogen-bond acceptors (Lipinski definition) is 2. The van der Waals surface area contributed by atoms with Crippen molar-refractivity contribution < 1.29 is 5.11 Å². The maximum atomic E-state index is 8.96. The summed E-state index contributed by atoms with van der Waals surface area (Å²) < 4.78 is 0. The molecule has 1 saturated heterocycles. The van der Waals surface area contributed by atoms with Gasteiger partial charge in [0.1, 0.15) is 0 Å². The maximum absolute atomic E-state index is 8.96. The van der Waals surface area contributed by atoms with Gasteiger partial charge in [0.25, 0.3) is 0 Å². The fourth-order valence-corrected chi connectivity index (χ4v) is 1.64. The first kappa shape index (κ1) is 7.77. The van der Waals surface area contributed by atoms with Crippen LogP contribution in [-0.4, -0.2) is 24.3 Å². The Hall–Kier alpha value is -0.860. The largest absolute Gasteiger partial charge is 0.395 e. The Kier molecular flexibility index (Phi) is 2.11. The normalized spacial score (nSPS) is 28.1. The number of benzene rings is 1. The van der Waals surface area contributed by atoms with Crippen molar-refractivity contribution in [3.63, 3.8) is 0 Å². The van der Waals surface area contributed by atoms with E-state index in [9.17, 15) is 0 Å². The zero-order valence-electron chi connectivity index (χ0n) is 6.90. The zero-order chi connectivity index (χ0) is 8.39. The van der Waals surface area contributed by atoms with Crippen molar-refractivity contribution in [3.05, 3.63) is 35.9 Å². The Morgan fingerprint density at radius 2 is 2.08 bits per heavy atom. The molecular weight excluding hydrogens is 150 g/mol. The number of nitrogens with one attached hydrogen (secondary N) is 1. The van der Waals surface area contributed by atoms with E-state index >= 15 is 0 Å². The van der Waals surface area contributed by atoms with Crippen LogP contribution in [0.1, 0.15) is 11.5 Å². The monoisotopic (exact) mass is 163 g/mol. The van der Waals surface area contributed by atoms with Gasteiger partial charge in [-0.05, 0) is 5.56 Å². The second-order valence-corrected chi connectivity index (χ2v) is 3.21. The van der Waals surface area contributed by atoms with Gasteiger partial charge >= 0.3 is 0 Å². The number of aliphatic hydroxyl groups is 1. The molecule has 12 heavy (non-hydrogen) atoms. The van der Waals surface area contributed by atoms with E-state index in [1.807, 2.05) is 18.2 Å². The Labute approximate surface area is 72.2 Å². The summed E-state index contributed by atoms with van der Waals surface area (Å²) in [6, 6.07) is 10.6. The molecule has 0 radical (unpaired) electrons. The van der Waals surface area contributed by atoms with E-state index in [1.54, 1.807) is 0 Å². The first-order chi connectivity index (χ1) is 5.92. The Morgan fingerprint density at radius 3 is 2.58 bits per heavy atom. The molecule has 2 N–H and O–H groups in total. The predicted molar refractivity (Wildman–Crippen MR) is 48.1 cm³/mol. The summed E-state index contributed by atoms with van der Waals surface area (Å²) in [5, 5.41) is 12.1. The van der Waals surface area contributed by atoms with Crippen molar-refractivity contribution in [2.24, 2.45) is 0 Å². The van der Waals surface area contributed by atoms with Gasteiger partial charge in [-0.25, -0.2) is 0 Å². The van der Waals surface area contributed by atoms with Gasteiger partial charge in [0.15, 0.2) is 0 Å². The predicted octanol–water partition coefficient (Wildman–Crippen LogP) is 0.734. The molecule has 0 saturated carbocycles. The molecule has 2 heteroatoms. The molecule has 0 bridgehead atoms. The molecular formula is C10H13NO. The second kappa shape index (κ2) is 3.25. The molecule has 2 nitrogen and oxygen atoms in total. The van der Waals surface area contributed by atoms with Crippen molar-refractivity contribution in [2.45, 2.75) is 12.0 Å². The van der Waals surface area contributed by atoms with Crippen molar-refractivity contribution in [1.82, 2.24) is 5.32 Å². The molecule has 0 unspecified atom stereocenters. The van der Waals surface area contributed by atoms with Gasteiger partial charge in [0.05, 0.1) is 6.61 Å². The van der Waals surface area contributed by atoms with E-state index < -0.39 is 0 Å². The van der Waals surface area contributed by atoms with Crippen LogP contribution >= 0.6 is 0 Å². The van der Waals surface area contributed by atoms with E-state index in [0.717, 1.165) is 6.54 Å². The summed E-state index contributed by atoms with van der Waals surface area (Å²) in [5.41, 5.74) is 1.33. The van der Waals surface area contributed by atoms with Crippen LogP contribution in [0.15, 0.2) is 30.3 Å². The minimum Gasteiger partial charge on any atom is -0.395 e. The highest BCUT2D eigenvalue weighted by atomic mass is 16.3. The summed E-state index contributed by atoms with van der Waals surface area (Å²) in [7, 11) is 0. The summed E-state index contributed by atoms with van der Waals surface area (Å²) in [5.74, 6) is 0.510. The highest BCUT2D eigenvalue weighted by Crippen LogP contribution is 2.25. The fourth-order valence-electron chi connectivity index (χ4n) is 1.64. The van der Waals surface area contributed by atoms with Crippen LogP contribution in [0.4, 0.5) is 0 Å². The summed E-state index contributed by atoms with van der Waals surface area (Å²) >= 11 is 0. The van der Waals surface area contributed by atoms with Gasteiger partial charge in [-0.3, -0.25) is 0 Å². The molecule has 2 rings (SSSR count). The van der Waals surface area contributed by atoms with Crippen molar-refractivity contribution in [1.29, 1.82) is 0 Å². The van der Waals surface area contributed by atoms with E-state index in [-0.39, 0.29) is 12.6 Å². The van der Waals surface area contributed by atoms with E-state index in [4.69, 9.17) is 5.11 Å². The lowest BCUT2D eigenvalue weighted by Gasteiger charge is -2.37. The molecule has 0 aliphatic carbocycles. The van der Waals surface area contributed by atoms with Gasteiger partial charge in [-0.15, -0.1) is 0 Å². The van der Waals surface area contributed by atoms with Crippen LogP contribution in [-0.2, 0) is 0 Å². The van der Waals surface area contributed by atoms with Gasteiger partial charge in [-0.1, -0.05) is 30.3 Å². The quantitative estimate of drug-likeness (QED) is 0.673. The average Bonchev–Trinajstić information content (AvgIpc) is 2.05. The molecule has 0 amide bonds. The summed E-state index contributed by atoms with van der Waals surface area (Å²) in [6.07, 6.45) is 0. The van der Waals surface area contributed by atoms with Crippen molar-refractivity contribution in [3.8, 4) is 0 Å².